The van der Waals surface area contributed by atoms with Gasteiger partial charge in [0.15, 0.2) is 11.4 Å². The highest BCUT2D eigenvalue weighted by Gasteiger charge is 2.29. The maximum atomic E-state index is 10.8. The van der Waals surface area contributed by atoms with Crippen LogP contribution in [0.4, 0.5) is 5.82 Å². The molecule has 0 saturated heterocycles. The van der Waals surface area contributed by atoms with Gasteiger partial charge in [-0.1, -0.05) is 0 Å². The molecule has 0 fully saturated rings. The number of rotatable bonds is 5. The van der Waals surface area contributed by atoms with Crippen LogP contribution in [0.1, 0.15) is 6.92 Å². The van der Waals surface area contributed by atoms with E-state index in [-0.39, 0.29) is 6.54 Å². The van der Waals surface area contributed by atoms with E-state index in [1.54, 1.807) is 18.5 Å². The van der Waals surface area contributed by atoms with Gasteiger partial charge < -0.3 is 15.5 Å². The molecule has 0 aliphatic heterocycles. The number of carboxylic acid groups (broad SMARTS) is 1. The third-order valence-corrected chi connectivity index (χ3v) is 2.44. The zero-order chi connectivity index (χ0) is 13.9. The number of carbonyl (C=O) groups is 1. The molecule has 19 heavy (non-hydrogen) atoms. The molecule has 0 amide bonds. The van der Waals surface area contributed by atoms with Gasteiger partial charge in [0.05, 0.1) is 18.9 Å². The van der Waals surface area contributed by atoms with Crippen molar-refractivity contribution >= 4 is 11.8 Å². The van der Waals surface area contributed by atoms with Gasteiger partial charge in [-0.25, -0.2) is 14.5 Å². The SMILES string of the molecule is CC(O)(CNc1cncc(-n2cccn2)n1)C(=O)O. The lowest BCUT2D eigenvalue weighted by atomic mass is 10.1. The first kappa shape index (κ1) is 13.0. The van der Waals surface area contributed by atoms with Gasteiger partial charge >= 0.3 is 5.97 Å². The van der Waals surface area contributed by atoms with E-state index in [4.69, 9.17) is 5.11 Å². The molecule has 0 aliphatic carbocycles. The third-order valence-electron chi connectivity index (χ3n) is 2.44. The van der Waals surface area contributed by atoms with Crippen molar-refractivity contribution < 1.29 is 15.0 Å². The Morgan fingerprint density at radius 1 is 1.53 bits per heavy atom. The summed E-state index contributed by atoms with van der Waals surface area (Å²) in [5.74, 6) is -0.462. The second-order valence-electron chi connectivity index (χ2n) is 4.15. The Labute approximate surface area is 108 Å². The lowest BCUT2D eigenvalue weighted by Gasteiger charge is -2.18. The molecule has 2 rings (SSSR count). The van der Waals surface area contributed by atoms with Crippen molar-refractivity contribution in [3.05, 3.63) is 30.9 Å². The van der Waals surface area contributed by atoms with Crippen molar-refractivity contribution in [3.63, 3.8) is 0 Å². The molecule has 100 valence electrons. The average Bonchev–Trinajstić information content (AvgIpc) is 2.90. The van der Waals surface area contributed by atoms with Crippen LogP contribution in [0.15, 0.2) is 30.9 Å². The second-order valence-corrected chi connectivity index (χ2v) is 4.15. The molecule has 2 heterocycles. The van der Waals surface area contributed by atoms with Crippen molar-refractivity contribution in [1.82, 2.24) is 19.7 Å². The molecular weight excluding hydrogens is 250 g/mol. The smallest absolute Gasteiger partial charge is 0.337 e. The Morgan fingerprint density at radius 3 is 2.95 bits per heavy atom. The number of aliphatic carboxylic acids is 1. The first-order chi connectivity index (χ1) is 8.99. The van der Waals surface area contributed by atoms with Crippen molar-refractivity contribution in [2.45, 2.75) is 12.5 Å². The van der Waals surface area contributed by atoms with Crippen LogP contribution in [0.3, 0.4) is 0 Å². The molecule has 0 aliphatic rings. The highest BCUT2D eigenvalue weighted by Crippen LogP contribution is 2.09. The molecule has 2 aromatic rings. The van der Waals surface area contributed by atoms with Gasteiger partial charge in [-0.2, -0.15) is 5.10 Å². The predicted molar refractivity (Wildman–Crippen MR) is 65.9 cm³/mol. The first-order valence-corrected chi connectivity index (χ1v) is 5.51. The molecule has 0 aromatic carbocycles. The van der Waals surface area contributed by atoms with Crippen LogP contribution in [0, 0.1) is 0 Å². The van der Waals surface area contributed by atoms with Gasteiger partial charge in [0.1, 0.15) is 5.82 Å². The highest BCUT2D eigenvalue weighted by molar-refractivity contribution is 5.77. The average molecular weight is 263 g/mol. The number of aromatic nitrogens is 4. The zero-order valence-electron chi connectivity index (χ0n) is 10.2. The fraction of sp³-hybridized carbons (Fsp3) is 0.273. The fourth-order valence-electron chi connectivity index (χ4n) is 1.29. The van der Waals surface area contributed by atoms with Crippen LogP contribution < -0.4 is 5.32 Å². The van der Waals surface area contributed by atoms with Gasteiger partial charge in [-0.05, 0) is 13.0 Å². The van der Waals surface area contributed by atoms with Gasteiger partial charge in [0, 0.05) is 12.4 Å². The standard InChI is InChI=1S/C11H13N5O3/c1-11(19,10(17)18)7-13-8-5-12-6-9(15-8)16-4-2-3-14-16/h2-6,19H,7H2,1H3,(H,13,15)(H,17,18). The fourth-order valence-corrected chi connectivity index (χ4v) is 1.29. The third kappa shape index (κ3) is 3.05. The van der Waals surface area contributed by atoms with Crippen LogP contribution in [-0.4, -0.2) is 48.1 Å². The van der Waals surface area contributed by atoms with E-state index in [0.29, 0.717) is 11.6 Å². The molecule has 0 spiro atoms. The molecule has 8 nitrogen and oxygen atoms in total. The number of hydrogen-bond donors (Lipinski definition) is 3. The summed E-state index contributed by atoms with van der Waals surface area (Å²) < 4.78 is 1.52. The summed E-state index contributed by atoms with van der Waals surface area (Å²) in [4.78, 5) is 18.9. The summed E-state index contributed by atoms with van der Waals surface area (Å²) in [6, 6.07) is 1.75. The largest absolute Gasteiger partial charge is 0.479 e. The molecule has 1 atom stereocenters. The van der Waals surface area contributed by atoms with E-state index in [1.165, 1.54) is 24.0 Å². The Balaban J connectivity index is 2.10. The maximum absolute atomic E-state index is 10.8. The second kappa shape index (κ2) is 5.02. The Bertz CT molecular complexity index is 567. The van der Waals surface area contributed by atoms with Gasteiger partial charge in [0.25, 0.3) is 0 Å². The summed E-state index contributed by atoms with van der Waals surface area (Å²) in [5.41, 5.74) is -1.87. The summed E-state index contributed by atoms with van der Waals surface area (Å²) in [7, 11) is 0. The van der Waals surface area contributed by atoms with Crippen LogP contribution in [0.2, 0.25) is 0 Å². The van der Waals surface area contributed by atoms with E-state index < -0.39 is 11.6 Å². The van der Waals surface area contributed by atoms with Crippen LogP contribution >= 0.6 is 0 Å². The van der Waals surface area contributed by atoms with E-state index in [9.17, 15) is 9.90 Å². The summed E-state index contributed by atoms with van der Waals surface area (Å²) >= 11 is 0. The van der Waals surface area contributed by atoms with Gasteiger partial charge in [-0.3, -0.25) is 4.98 Å². The normalized spacial score (nSPS) is 13.8. The topological polar surface area (TPSA) is 113 Å². The van der Waals surface area contributed by atoms with E-state index in [0.717, 1.165) is 0 Å². The van der Waals surface area contributed by atoms with Crippen LogP contribution in [0.5, 0.6) is 0 Å². The van der Waals surface area contributed by atoms with E-state index >= 15 is 0 Å². The highest BCUT2D eigenvalue weighted by atomic mass is 16.4. The van der Waals surface area contributed by atoms with Gasteiger partial charge in [0.2, 0.25) is 0 Å². The predicted octanol–water partition coefficient (Wildman–Crippen LogP) is -0.0902. The van der Waals surface area contributed by atoms with Crippen molar-refractivity contribution in [3.8, 4) is 5.82 Å². The maximum Gasteiger partial charge on any atom is 0.337 e. The molecule has 0 bridgehead atoms. The summed E-state index contributed by atoms with van der Waals surface area (Å²) in [6.07, 6.45) is 6.27. The van der Waals surface area contributed by atoms with E-state index in [2.05, 4.69) is 20.4 Å². The first-order valence-electron chi connectivity index (χ1n) is 5.51. The minimum Gasteiger partial charge on any atom is -0.479 e. The number of aliphatic hydroxyl groups is 1. The number of anilines is 1. The molecule has 0 saturated carbocycles. The summed E-state index contributed by atoms with van der Waals surface area (Å²) in [6.45, 7) is 1.02. The number of nitrogens with zero attached hydrogens (tertiary/aromatic N) is 4. The number of hydrogen-bond acceptors (Lipinski definition) is 6. The lowest BCUT2D eigenvalue weighted by Crippen LogP contribution is -2.42. The molecule has 1 unspecified atom stereocenters. The van der Waals surface area contributed by atoms with Crippen molar-refractivity contribution in [2.24, 2.45) is 0 Å². The van der Waals surface area contributed by atoms with Crippen molar-refractivity contribution in [1.29, 1.82) is 0 Å². The van der Waals surface area contributed by atoms with Crippen molar-refractivity contribution in [2.75, 3.05) is 11.9 Å². The molecule has 8 heteroatoms. The minimum atomic E-state index is -1.87. The lowest BCUT2D eigenvalue weighted by molar-refractivity contribution is -0.155. The van der Waals surface area contributed by atoms with Crippen LogP contribution in [0.25, 0.3) is 5.82 Å². The zero-order valence-corrected chi connectivity index (χ0v) is 10.2. The van der Waals surface area contributed by atoms with Crippen LogP contribution in [-0.2, 0) is 4.79 Å². The Kier molecular flexibility index (Phi) is 3.43. The summed E-state index contributed by atoms with van der Waals surface area (Å²) in [5, 5.41) is 25.1. The Hall–Kier alpha value is -2.48. The number of nitrogens with one attached hydrogen (secondary N) is 1. The molecule has 3 N–H and O–H groups in total. The van der Waals surface area contributed by atoms with E-state index in [1.807, 2.05) is 0 Å². The molecular formula is C11H13N5O3. The quantitative estimate of drug-likeness (QED) is 0.690. The number of carboxylic acids is 1. The molecule has 0 radical (unpaired) electrons. The monoisotopic (exact) mass is 263 g/mol. The van der Waals surface area contributed by atoms with Gasteiger partial charge in [-0.15, -0.1) is 0 Å². The molecule has 2 aromatic heterocycles. The Morgan fingerprint density at radius 2 is 2.32 bits per heavy atom. The minimum absolute atomic E-state index is 0.181.